The molecule has 4 fully saturated rings. The minimum atomic E-state index is 0.364. The summed E-state index contributed by atoms with van der Waals surface area (Å²) in [5.74, 6) is 1.66. The zero-order chi connectivity index (χ0) is 31.5. The normalized spacial score (nSPS) is 29.2. The van der Waals surface area contributed by atoms with Gasteiger partial charge in [-0.25, -0.2) is 0 Å². The number of hydrogen-bond donors (Lipinski definition) is 0. The van der Waals surface area contributed by atoms with Gasteiger partial charge in [0.05, 0.1) is 0 Å². The van der Waals surface area contributed by atoms with Gasteiger partial charge >= 0.3 is 0 Å². The third-order valence-electron chi connectivity index (χ3n) is 9.27. The van der Waals surface area contributed by atoms with Crippen molar-refractivity contribution in [3.05, 3.63) is 0 Å². The highest BCUT2D eigenvalue weighted by Crippen LogP contribution is 2.91. The van der Waals surface area contributed by atoms with E-state index in [9.17, 15) is 0 Å². The van der Waals surface area contributed by atoms with Gasteiger partial charge in [-0.15, -0.1) is 93.8 Å². The molecule has 0 aromatic rings. The second-order valence-corrected chi connectivity index (χ2v) is 26.9. The molecular formula is C36H66Cl2S6. The van der Waals surface area contributed by atoms with Crippen molar-refractivity contribution in [2.75, 3.05) is 11.8 Å². The molecule has 260 valence electrons. The number of alkyl halides is 2. The fourth-order valence-corrected chi connectivity index (χ4v) is 29.0. The Labute approximate surface area is 310 Å². The number of hydrogen-bond acceptors (Lipinski definition) is 6. The van der Waals surface area contributed by atoms with Crippen molar-refractivity contribution in [2.24, 2.45) is 0 Å². The molecular weight excluding hydrogens is 696 g/mol. The van der Waals surface area contributed by atoms with Gasteiger partial charge in [0.2, 0.25) is 0 Å². The molecule has 0 spiro atoms. The van der Waals surface area contributed by atoms with Crippen LogP contribution in [0.4, 0.5) is 0 Å². The summed E-state index contributed by atoms with van der Waals surface area (Å²) in [6, 6.07) is 0. The number of halogens is 2. The van der Waals surface area contributed by atoms with Crippen LogP contribution in [-0.2, 0) is 0 Å². The quantitative estimate of drug-likeness (QED) is 0.0524. The standard InChI is InChI=1S/C36H66Cl2S6/c1-3-5-7-9-15-21-27-33-39-34(28-22-16-10-8-6-4-2)42-35(40-33,29-23-17-11-13-19-25-31-37)44-36(41-33,43-34)30-24-18-12-14-20-26-32-38/h3-32H2,1-2H3. The lowest BCUT2D eigenvalue weighted by Gasteiger charge is -2.67. The third-order valence-corrected chi connectivity index (χ3v) is 22.0. The van der Waals surface area contributed by atoms with Crippen LogP contribution in [0.3, 0.4) is 0 Å². The number of rotatable bonds is 30. The molecule has 4 saturated heterocycles. The van der Waals surface area contributed by atoms with E-state index in [2.05, 4.69) is 84.4 Å². The van der Waals surface area contributed by atoms with Gasteiger partial charge in [-0.05, 0) is 38.5 Å². The summed E-state index contributed by atoms with van der Waals surface area (Å²) in [5, 5.41) is 0. The second-order valence-electron chi connectivity index (χ2n) is 13.5. The average molecular weight is 762 g/mol. The van der Waals surface area contributed by atoms with Gasteiger partial charge in [-0.1, -0.05) is 155 Å². The van der Waals surface area contributed by atoms with Gasteiger partial charge in [-0.3, -0.25) is 0 Å². The van der Waals surface area contributed by atoms with Crippen molar-refractivity contribution in [1.82, 2.24) is 0 Å². The van der Waals surface area contributed by atoms with Crippen molar-refractivity contribution in [3.8, 4) is 0 Å². The molecule has 0 unspecified atom stereocenters. The van der Waals surface area contributed by atoms with E-state index in [0.717, 1.165) is 11.8 Å². The molecule has 0 aromatic carbocycles. The maximum atomic E-state index is 5.95. The molecule has 0 amide bonds. The Hall–Kier alpha value is 2.68. The van der Waals surface area contributed by atoms with Crippen molar-refractivity contribution < 1.29 is 0 Å². The smallest absolute Gasteiger partial charge is 0.113 e. The molecule has 4 rings (SSSR count). The van der Waals surface area contributed by atoms with E-state index in [1.807, 2.05) is 0 Å². The van der Waals surface area contributed by atoms with Gasteiger partial charge in [0.1, 0.15) is 13.6 Å². The Morgan fingerprint density at radius 3 is 0.727 bits per heavy atom. The summed E-state index contributed by atoms with van der Waals surface area (Å²) in [6.07, 6.45) is 38.8. The molecule has 8 heteroatoms. The van der Waals surface area contributed by atoms with Crippen molar-refractivity contribution >= 4 is 93.8 Å². The molecule has 0 nitrogen and oxygen atoms in total. The lowest BCUT2D eigenvalue weighted by Crippen LogP contribution is -2.53. The van der Waals surface area contributed by atoms with Crippen LogP contribution in [0.5, 0.6) is 0 Å². The zero-order valence-corrected chi connectivity index (χ0v) is 34.8. The van der Waals surface area contributed by atoms with Gasteiger partial charge in [0.25, 0.3) is 0 Å². The third kappa shape index (κ3) is 14.5. The molecule has 0 atom stereocenters. The lowest BCUT2D eigenvalue weighted by atomic mass is 10.1. The van der Waals surface area contributed by atoms with Gasteiger partial charge in [-0.2, -0.15) is 0 Å². The first-order chi connectivity index (χ1) is 21.5. The Morgan fingerprint density at radius 2 is 0.500 bits per heavy atom. The lowest BCUT2D eigenvalue weighted by molar-refractivity contribution is 0.579. The average Bonchev–Trinajstić information content (AvgIpc) is 2.99. The first-order valence-corrected chi connectivity index (χ1v) is 24.8. The largest absolute Gasteiger partial charge is 0.127 e. The summed E-state index contributed by atoms with van der Waals surface area (Å²) >= 11 is 26.6. The summed E-state index contributed by atoms with van der Waals surface area (Å²) in [7, 11) is 0. The fourth-order valence-electron chi connectivity index (χ4n) is 6.81. The number of unbranched alkanes of at least 4 members (excludes halogenated alkanes) is 20. The van der Waals surface area contributed by atoms with Crippen LogP contribution in [0.15, 0.2) is 0 Å². The molecule has 44 heavy (non-hydrogen) atoms. The summed E-state index contributed by atoms with van der Waals surface area (Å²) < 4.78 is 1.47. The molecule has 4 heterocycles. The van der Waals surface area contributed by atoms with E-state index in [4.69, 9.17) is 23.2 Å². The van der Waals surface area contributed by atoms with Gasteiger partial charge in [0, 0.05) is 11.8 Å². The predicted molar refractivity (Wildman–Crippen MR) is 219 cm³/mol. The van der Waals surface area contributed by atoms with E-state index in [0.29, 0.717) is 13.6 Å². The Bertz CT molecular complexity index is 667. The second kappa shape index (κ2) is 23.2. The van der Waals surface area contributed by atoms with Crippen LogP contribution < -0.4 is 0 Å². The first kappa shape index (κ1) is 41.1. The SMILES string of the molecule is CCCCCCCCC12SC3(CCCCCCCC)SC(CCCCCCCCCl)(S1)SC(CCCCCCCCCl)(S2)S3. The highest BCUT2D eigenvalue weighted by molar-refractivity contribution is 8.64. The minimum absolute atomic E-state index is 0.364. The summed E-state index contributed by atoms with van der Waals surface area (Å²) in [6.45, 7) is 4.68. The molecule has 4 bridgehead atoms. The minimum Gasteiger partial charge on any atom is -0.127 e. The summed E-state index contributed by atoms with van der Waals surface area (Å²) in [4.78, 5) is 0. The zero-order valence-electron chi connectivity index (χ0n) is 28.4. The molecule has 4 aliphatic heterocycles. The van der Waals surface area contributed by atoms with E-state index in [1.54, 1.807) is 0 Å². The van der Waals surface area contributed by atoms with Crippen LogP contribution in [0.1, 0.15) is 194 Å². The molecule has 4 aliphatic rings. The Kier molecular flexibility index (Phi) is 21.7. The van der Waals surface area contributed by atoms with Gasteiger partial charge in [0.15, 0.2) is 0 Å². The molecule has 0 aromatic heterocycles. The van der Waals surface area contributed by atoms with Crippen LogP contribution >= 0.6 is 93.8 Å². The Morgan fingerprint density at radius 1 is 0.295 bits per heavy atom. The molecule has 0 saturated carbocycles. The van der Waals surface area contributed by atoms with E-state index < -0.39 is 0 Å². The highest BCUT2D eigenvalue weighted by atomic mass is 35.5. The predicted octanol–water partition coefficient (Wildman–Crippen LogP) is 16.5. The van der Waals surface area contributed by atoms with Crippen LogP contribution in [0.2, 0.25) is 0 Å². The Balaban J connectivity index is 1.70. The number of thioether (sulfide) groups is 6. The fraction of sp³-hybridized carbons (Fsp3) is 1.00. The van der Waals surface area contributed by atoms with E-state index in [-0.39, 0.29) is 0 Å². The van der Waals surface area contributed by atoms with E-state index in [1.165, 1.54) is 180 Å². The highest BCUT2D eigenvalue weighted by Gasteiger charge is 2.71. The van der Waals surface area contributed by atoms with E-state index >= 15 is 0 Å². The molecule has 0 aliphatic carbocycles. The molecule has 0 radical (unpaired) electrons. The van der Waals surface area contributed by atoms with Crippen molar-refractivity contribution in [3.63, 3.8) is 0 Å². The monoisotopic (exact) mass is 760 g/mol. The molecule has 0 N–H and O–H groups in total. The van der Waals surface area contributed by atoms with Crippen molar-refractivity contribution in [2.45, 2.75) is 207 Å². The van der Waals surface area contributed by atoms with Crippen LogP contribution in [0.25, 0.3) is 0 Å². The van der Waals surface area contributed by atoms with Gasteiger partial charge < -0.3 is 0 Å². The maximum absolute atomic E-state index is 5.95. The van der Waals surface area contributed by atoms with Crippen LogP contribution in [0, 0.1) is 0 Å². The van der Waals surface area contributed by atoms with Crippen LogP contribution in [-0.4, -0.2) is 25.4 Å². The maximum Gasteiger partial charge on any atom is 0.113 e. The van der Waals surface area contributed by atoms with Crippen molar-refractivity contribution in [1.29, 1.82) is 0 Å². The summed E-state index contributed by atoms with van der Waals surface area (Å²) in [5.41, 5.74) is 0. The topological polar surface area (TPSA) is 0 Å². The first-order valence-electron chi connectivity index (χ1n) is 18.8.